The largest absolute Gasteiger partial charge is 0.416 e. The minimum Gasteiger partial charge on any atom is -0.365 e. The Morgan fingerprint density at radius 1 is 1.20 bits per heavy atom. The van der Waals surface area contributed by atoms with E-state index in [4.69, 9.17) is 11.6 Å². The van der Waals surface area contributed by atoms with Crippen LogP contribution in [0, 0.1) is 0 Å². The molecule has 1 aromatic heterocycles. The lowest BCUT2D eigenvalue weighted by molar-refractivity contribution is -0.137. The molecule has 0 unspecified atom stereocenters. The van der Waals surface area contributed by atoms with Crippen molar-refractivity contribution in [3.63, 3.8) is 0 Å². The summed E-state index contributed by atoms with van der Waals surface area (Å²) in [6.07, 6.45) is -2.83. The maximum absolute atomic E-state index is 12.4. The molecule has 0 fully saturated rings. The fourth-order valence-corrected chi connectivity index (χ4v) is 2.32. The maximum atomic E-state index is 12.4. The monoisotopic (exact) mass is 364 g/mol. The van der Waals surface area contributed by atoms with E-state index in [9.17, 15) is 13.2 Å². The summed E-state index contributed by atoms with van der Waals surface area (Å²) in [6, 6.07) is 6.66. The van der Waals surface area contributed by atoms with Gasteiger partial charge in [-0.15, -0.1) is 0 Å². The van der Waals surface area contributed by atoms with Crippen molar-refractivity contribution in [2.24, 2.45) is 0 Å². The molecule has 0 bridgehead atoms. The van der Waals surface area contributed by atoms with Gasteiger partial charge in [-0.25, -0.2) is 4.98 Å². The van der Waals surface area contributed by atoms with Gasteiger partial charge in [-0.2, -0.15) is 13.2 Å². The number of benzene rings is 1. The van der Waals surface area contributed by atoms with Gasteiger partial charge in [0.15, 0.2) is 0 Å². The van der Waals surface area contributed by atoms with Crippen LogP contribution in [0.15, 0.2) is 41.0 Å². The van der Waals surface area contributed by atoms with Crippen LogP contribution in [0.4, 0.5) is 19.0 Å². The summed E-state index contributed by atoms with van der Waals surface area (Å²) in [7, 11) is 0. The molecule has 20 heavy (non-hydrogen) atoms. The minimum absolute atomic E-state index is 0.366. The van der Waals surface area contributed by atoms with Gasteiger partial charge in [0.1, 0.15) is 5.82 Å². The average Bonchev–Trinajstić information content (AvgIpc) is 2.37. The second kappa shape index (κ2) is 6.01. The Bertz CT molecular complexity index is 600. The van der Waals surface area contributed by atoms with E-state index >= 15 is 0 Å². The zero-order valence-electron chi connectivity index (χ0n) is 10.0. The third kappa shape index (κ3) is 3.86. The Morgan fingerprint density at radius 2 is 1.85 bits per heavy atom. The van der Waals surface area contributed by atoms with E-state index < -0.39 is 11.7 Å². The minimum atomic E-state index is -4.31. The van der Waals surface area contributed by atoms with Gasteiger partial charge < -0.3 is 5.32 Å². The average molecular weight is 366 g/mol. The molecule has 0 saturated heterocycles. The molecule has 0 aliphatic carbocycles. The van der Waals surface area contributed by atoms with Crippen LogP contribution in [-0.4, -0.2) is 4.98 Å². The quantitative estimate of drug-likeness (QED) is 0.816. The normalized spacial score (nSPS) is 11.4. The lowest BCUT2D eigenvalue weighted by Crippen LogP contribution is -2.06. The van der Waals surface area contributed by atoms with Gasteiger partial charge >= 0.3 is 6.18 Å². The number of halogens is 5. The second-order valence-electron chi connectivity index (χ2n) is 4.03. The SMILES string of the molecule is FC(F)(F)c1ccc(CNc2ncc(Cl)cc2Br)cc1. The summed E-state index contributed by atoms with van der Waals surface area (Å²) in [6.45, 7) is 0.366. The van der Waals surface area contributed by atoms with Gasteiger partial charge in [-0.1, -0.05) is 23.7 Å². The van der Waals surface area contributed by atoms with Gasteiger partial charge in [0, 0.05) is 12.7 Å². The molecule has 106 valence electrons. The molecule has 1 N–H and O–H groups in total. The summed E-state index contributed by atoms with van der Waals surface area (Å²) in [4.78, 5) is 4.08. The summed E-state index contributed by atoms with van der Waals surface area (Å²) < 4.78 is 37.9. The second-order valence-corrected chi connectivity index (χ2v) is 5.32. The Hall–Kier alpha value is -1.27. The Balaban J connectivity index is 2.04. The van der Waals surface area contributed by atoms with Gasteiger partial charge in [0.25, 0.3) is 0 Å². The molecule has 0 aliphatic heterocycles. The number of alkyl halides is 3. The number of pyridine rings is 1. The van der Waals surface area contributed by atoms with E-state index in [0.717, 1.165) is 17.7 Å². The van der Waals surface area contributed by atoms with Crippen LogP contribution in [0.3, 0.4) is 0 Å². The first-order valence-electron chi connectivity index (χ1n) is 5.57. The number of rotatable bonds is 3. The number of nitrogens with one attached hydrogen (secondary N) is 1. The molecule has 2 aromatic rings. The van der Waals surface area contributed by atoms with Crippen molar-refractivity contribution < 1.29 is 13.2 Å². The number of hydrogen-bond acceptors (Lipinski definition) is 2. The molecule has 0 radical (unpaired) electrons. The third-order valence-electron chi connectivity index (χ3n) is 2.55. The topological polar surface area (TPSA) is 24.9 Å². The van der Waals surface area contributed by atoms with Crippen molar-refractivity contribution in [1.29, 1.82) is 0 Å². The molecule has 1 aromatic carbocycles. The van der Waals surface area contributed by atoms with Crippen LogP contribution in [0.25, 0.3) is 0 Å². The molecule has 0 atom stereocenters. The van der Waals surface area contributed by atoms with Crippen molar-refractivity contribution in [3.8, 4) is 0 Å². The molecular weight excluding hydrogens is 357 g/mol. The summed E-state index contributed by atoms with van der Waals surface area (Å²) in [5.41, 5.74) is 0.0636. The molecular formula is C13H9BrClF3N2. The Morgan fingerprint density at radius 3 is 2.40 bits per heavy atom. The van der Waals surface area contributed by atoms with Crippen LogP contribution in [0.1, 0.15) is 11.1 Å². The van der Waals surface area contributed by atoms with Crippen LogP contribution < -0.4 is 5.32 Å². The summed E-state index contributed by atoms with van der Waals surface area (Å²) in [5.74, 6) is 0.578. The van der Waals surface area contributed by atoms with E-state index in [-0.39, 0.29) is 0 Å². The van der Waals surface area contributed by atoms with Crippen LogP contribution in [0.5, 0.6) is 0 Å². The van der Waals surface area contributed by atoms with E-state index in [1.807, 2.05) is 0 Å². The van der Waals surface area contributed by atoms with Crippen molar-refractivity contribution >= 4 is 33.3 Å². The lowest BCUT2D eigenvalue weighted by atomic mass is 10.1. The van der Waals surface area contributed by atoms with E-state index in [1.165, 1.54) is 18.3 Å². The van der Waals surface area contributed by atoms with E-state index in [0.29, 0.717) is 21.9 Å². The van der Waals surface area contributed by atoms with Crippen molar-refractivity contribution in [3.05, 3.63) is 57.2 Å². The lowest BCUT2D eigenvalue weighted by Gasteiger charge is -2.10. The number of hydrogen-bond donors (Lipinski definition) is 1. The molecule has 0 saturated carbocycles. The molecule has 0 spiro atoms. The van der Waals surface area contributed by atoms with Crippen LogP contribution in [0.2, 0.25) is 5.02 Å². The standard InChI is InChI=1S/C13H9BrClF3N2/c14-11-5-10(15)7-20-12(11)19-6-8-1-3-9(4-2-8)13(16,17)18/h1-5,7H,6H2,(H,19,20). The van der Waals surface area contributed by atoms with Gasteiger partial charge in [-0.05, 0) is 39.7 Å². The predicted molar refractivity (Wildman–Crippen MR) is 75.7 cm³/mol. The first kappa shape index (κ1) is 15.1. The molecule has 2 nitrogen and oxygen atoms in total. The Kier molecular flexibility index (Phi) is 4.55. The first-order chi connectivity index (χ1) is 9.36. The summed E-state index contributed by atoms with van der Waals surface area (Å²) in [5, 5.41) is 3.51. The van der Waals surface area contributed by atoms with E-state index in [2.05, 4.69) is 26.2 Å². The third-order valence-corrected chi connectivity index (χ3v) is 3.36. The Labute approximate surface area is 127 Å². The van der Waals surface area contributed by atoms with Gasteiger partial charge in [0.05, 0.1) is 15.1 Å². The van der Waals surface area contributed by atoms with Crippen molar-refractivity contribution in [2.45, 2.75) is 12.7 Å². The number of nitrogens with zero attached hydrogens (tertiary/aromatic N) is 1. The van der Waals surface area contributed by atoms with Crippen molar-refractivity contribution in [1.82, 2.24) is 4.98 Å². The molecule has 0 aliphatic rings. The highest BCUT2D eigenvalue weighted by molar-refractivity contribution is 9.10. The van der Waals surface area contributed by atoms with Crippen LogP contribution in [-0.2, 0) is 12.7 Å². The van der Waals surface area contributed by atoms with E-state index in [1.54, 1.807) is 6.07 Å². The maximum Gasteiger partial charge on any atom is 0.416 e. The fourth-order valence-electron chi connectivity index (χ4n) is 1.54. The summed E-state index contributed by atoms with van der Waals surface area (Å²) >= 11 is 9.07. The van der Waals surface area contributed by atoms with Crippen molar-refractivity contribution in [2.75, 3.05) is 5.32 Å². The highest BCUT2D eigenvalue weighted by Crippen LogP contribution is 2.29. The van der Waals surface area contributed by atoms with Crippen LogP contribution >= 0.6 is 27.5 Å². The molecule has 2 rings (SSSR count). The fraction of sp³-hybridized carbons (Fsp3) is 0.154. The zero-order valence-corrected chi connectivity index (χ0v) is 12.4. The highest BCUT2D eigenvalue weighted by atomic mass is 79.9. The molecule has 0 amide bonds. The highest BCUT2D eigenvalue weighted by Gasteiger charge is 2.29. The smallest absolute Gasteiger partial charge is 0.365 e. The zero-order chi connectivity index (χ0) is 14.8. The molecule has 7 heteroatoms. The van der Waals surface area contributed by atoms with Gasteiger partial charge in [0.2, 0.25) is 0 Å². The number of anilines is 1. The van der Waals surface area contributed by atoms with Gasteiger partial charge in [-0.3, -0.25) is 0 Å². The number of aromatic nitrogens is 1. The predicted octanol–water partition coefficient (Wildman–Crippen LogP) is 5.13. The molecule has 1 heterocycles. The first-order valence-corrected chi connectivity index (χ1v) is 6.74.